The summed E-state index contributed by atoms with van der Waals surface area (Å²) in [6, 6.07) is 0. The number of nitrogens with zero attached hydrogens (tertiary/aromatic N) is 1. The molecule has 1 aliphatic carbocycles. The van der Waals surface area contributed by atoms with E-state index in [1.807, 2.05) is 20.8 Å². The fraction of sp³-hybridized carbons (Fsp3) is 0.857. The molecule has 5 nitrogen and oxygen atoms in total. The summed E-state index contributed by atoms with van der Waals surface area (Å²) < 4.78 is 10.1. The van der Waals surface area contributed by atoms with Gasteiger partial charge in [0.15, 0.2) is 0 Å². The molecule has 6 heteroatoms. The molecule has 0 aromatic carbocycles. The number of hydrogen-bond donors (Lipinski definition) is 0. The van der Waals surface area contributed by atoms with Crippen molar-refractivity contribution >= 4 is 23.7 Å². The molecular weight excluding hydrogens is 282 g/mol. The molecule has 1 amide bonds. The molecule has 1 saturated carbocycles. The van der Waals surface area contributed by atoms with Gasteiger partial charge in [-0.05, 0) is 40.0 Å². The first-order chi connectivity index (χ1) is 9.13. The van der Waals surface area contributed by atoms with Crippen molar-refractivity contribution in [2.24, 2.45) is 5.41 Å². The monoisotopic (exact) mass is 303 g/mol. The minimum Gasteiger partial charge on any atom is -0.468 e. The fourth-order valence-electron chi connectivity index (χ4n) is 2.89. The zero-order chi connectivity index (χ0) is 15.2. The van der Waals surface area contributed by atoms with Crippen LogP contribution in [0.15, 0.2) is 0 Å². The molecular formula is C14H22ClNO4. The first kappa shape index (κ1) is 15.4. The molecule has 20 heavy (non-hydrogen) atoms. The van der Waals surface area contributed by atoms with Crippen molar-refractivity contribution in [2.45, 2.75) is 50.5 Å². The predicted molar refractivity (Wildman–Crippen MR) is 74.7 cm³/mol. The van der Waals surface area contributed by atoms with Gasteiger partial charge in [-0.3, -0.25) is 4.79 Å². The first-order valence-corrected chi connectivity index (χ1v) is 7.27. The van der Waals surface area contributed by atoms with Crippen molar-refractivity contribution in [3.8, 4) is 0 Å². The number of rotatable bonds is 1. The van der Waals surface area contributed by atoms with Crippen molar-refractivity contribution in [1.29, 1.82) is 0 Å². The first-order valence-electron chi connectivity index (χ1n) is 6.89. The lowest BCUT2D eigenvalue weighted by Crippen LogP contribution is -2.44. The zero-order valence-corrected chi connectivity index (χ0v) is 13.2. The molecule has 0 radical (unpaired) electrons. The maximum atomic E-state index is 12.0. The van der Waals surface area contributed by atoms with E-state index in [1.54, 1.807) is 4.90 Å². The van der Waals surface area contributed by atoms with Gasteiger partial charge in [0.1, 0.15) is 10.5 Å². The number of alkyl halides is 1. The van der Waals surface area contributed by atoms with Gasteiger partial charge in [-0.2, -0.15) is 0 Å². The second-order valence-corrected chi connectivity index (χ2v) is 7.36. The number of carbonyl (C=O) groups excluding carboxylic acids is 2. The van der Waals surface area contributed by atoms with E-state index < -0.39 is 10.5 Å². The van der Waals surface area contributed by atoms with Gasteiger partial charge in [0.25, 0.3) is 0 Å². The number of hydrogen-bond acceptors (Lipinski definition) is 4. The smallest absolute Gasteiger partial charge is 0.410 e. The van der Waals surface area contributed by atoms with Crippen LogP contribution in [0.5, 0.6) is 0 Å². The van der Waals surface area contributed by atoms with Gasteiger partial charge in [0.05, 0.1) is 7.11 Å². The van der Waals surface area contributed by atoms with Crippen molar-refractivity contribution < 1.29 is 19.1 Å². The number of methoxy groups -OCH3 is 1. The second kappa shape index (κ2) is 4.79. The Kier molecular flexibility index (Phi) is 3.70. The molecule has 2 aliphatic rings. The van der Waals surface area contributed by atoms with E-state index in [0.29, 0.717) is 32.4 Å². The molecule has 1 unspecified atom stereocenters. The van der Waals surface area contributed by atoms with E-state index in [-0.39, 0.29) is 17.5 Å². The predicted octanol–water partition coefficient (Wildman–Crippen LogP) is 2.56. The van der Waals surface area contributed by atoms with Gasteiger partial charge in [0.2, 0.25) is 0 Å². The van der Waals surface area contributed by atoms with E-state index in [4.69, 9.17) is 21.1 Å². The Morgan fingerprint density at radius 2 is 1.75 bits per heavy atom. The number of carbonyl (C=O) groups is 2. The molecule has 1 heterocycles. The highest BCUT2D eigenvalue weighted by atomic mass is 35.5. The van der Waals surface area contributed by atoms with E-state index in [0.717, 1.165) is 0 Å². The molecule has 0 aromatic rings. The SMILES string of the molecule is COC(=O)C1(Cl)CC12CCN(C(=O)OC(C)(C)C)CC2. The summed E-state index contributed by atoms with van der Waals surface area (Å²) in [7, 11) is 1.36. The van der Waals surface area contributed by atoms with Crippen LogP contribution in [0.3, 0.4) is 0 Å². The summed E-state index contributed by atoms with van der Waals surface area (Å²) in [6.45, 7) is 6.68. The summed E-state index contributed by atoms with van der Waals surface area (Å²) in [5.41, 5.74) is -0.700. The van der Waals surface area contributed by atoms with Crippen molar-refractivity contribution in [3.05, 3.63) is 0 Å². The van der Waals surface area contributed by atoms with E-state index >= 15 is 0 Å². The maximum Gasteiger partial charge on any atom is 0.410 e. The molecule has 0 aromatic heterocycles. The van der Waals surface area contributed by atoms with Gasteiger partial charge in [-0.25, -0.2) is 4.79 Å². The Hall–Kier alpha value is -0.970. The van der Waals surface area contributed by atoms with Crippen LogP contribution in [-0.2, 0) is 14.3 Å². The molecule has 2 fully saturated rings. The number of amides is 1. The quantitative estimate of drug-likeness (QED) is 0.552. The zero-order valence-electron chi connectivity index (χ0n) is 12.5. The summed E-state index contributed by atoms with van der Waals surface area (Å²) in [4.78, 5) is 24.5. The van der Waals surface area contributed by atoms with E-state index in [9.17, 15) is 9.59 Å². The lowest BCUT2D eigenvalue weighted by Gasteiger charge is -2.34. The van der Waals surface area contributed by atoms with Crippen LogP contribution in [0, 0.1) is 5.41 Å². The van der Waals surface area contributed by atoms with Gasteiger partial charge < -0.3 is 14.4 Å². The standard InChI is InChI=1S/C14H22ClNO4/c1-12(2,3)20-11(18)16-7-5-13(6-8-16)9-14(13,15)10(17)19-4/h5-9H2,1-4H3. The Bertz CT molecular complexity index is 423. The average molecular weight is 304 g/mol. The lowest BCUT2D eigenvalue weighted by molar-refractivity contribution is -0.142. The summed E-state index contributed by atoms with van der Waals surface area (Å²) in [5.74, 6) is -0.357. The van der Waals surface area contributed by atoms with Crippen LogP contribution in [0.25, 0.3) is 0 Å². The Balaban J connectivity index is 1.91. The van der Waals surface area contributed by atoms with Gasteiger partial charge in [-0.15, -0.1) is 11.6 Å². The molecule has 1 aliphatic heterocycles. The van der Waals surface area contributed by atoms with Gasteiger partial charge in [0, 0.05) is 18.5 Å². The highest BCUT2D eigenvalue weighted by Crippen LogP contribution is 2.66. The topological polar surface area (TPSA) is 55.8 Å². The Morgan fingerprint density at radius 3 is 2.20 bits per heavy atom. The second-order valence-electron chi connectivity index (χ2n) is 6.72. The van der Waals surface area contributed by atoms with E-state index in [1.165, 1.54) is 7.11 Å². The summed E-state index contributed by atoms with van der Waals surface area (Å²) >= 11 is 6.35. The summed E-state index contributed by atoms with van der Waals surface area (Å²) in [6.07, 6.45) is 1.76. The van der Waals surface area contributed by atoms with Crippen molar-refractivity contribution in [2.75, 3.05) is 20.2 Å². The average Bonchev–Trinajstić information content (AvgIpc) is 2.92. The number of likely N-dealkylation sites (tertiary alicyclic amines) is 1. The third-order valence-corrected chi connectivity index (χ3v) is 4.87. The fourth-order valence-corrected chi connectivity index (χ4v) is 3.41. The molecule has 1 atom stereocenters. The van der Waals surface area contributed by atoms with Crippen LogP contribution in [0.2, 0.25) is 0 Å². The number of halogens is 1. The highest BCUT2D eigenvalue weighted by molar-refractivity contribution is 6.37. The van der Waals surface area contributed by atoms with Crippen LogP contribution in [-0.4, -0.2) is 47.6 Å². The number of piperidine rings is 1. The molecule has 1 saturated heterocycles. The van der Waals surface area contributed by atoms with Crippen LogP contribution in [0.1, 0.15) is 40.0 Å². The molecule has 114 valence electrons. The summed E-state index contributed by atoms with van der Waals surface area (Å²) in [5, 5.41) is 0. The third kappa shape index (κ3) is 2.60. The van der Waals surface area contributed by atoms with Crippen LogP contribution < -0.4 is 0 Å². The Morgan fingerprint density at radius 1 is 1.20 bits per heavy atom. The minimum absolute atomic E-state index is 0.208. The highest BCUT2D eigenvalue weighted by Gasteiger charge is 2.72. The van der Waals surface area contributed by atoms with E-state index in [2.05, 4.69) is 0 Å². The largest absolute Gasteiger partial charge is 0.468 e. The number of esters is 1. The van der Waals surface area contributed by atoms with Gasteiger partial charge >= 0.3 is 12.1 Å². The van der Waals surface area contributed by atoms with Crippen LogP contribution >= 0.6 is 11.6 Å². The lowest BCUT2D eigenvalue weighted by atomic mass is 9.90. The minimum atomic E-state index is -0.887. The third-order valence-electron chi connectivity index (χ3n) is 4.18. The maximum absolute atomic E-state index is 12.0. The molecule has 1 spiro atoms. The molecule has 0 bridgehead atoms. The van der Waals surface area contributed by atoms with Crippen molar-refractivity contribution in [3.63, 3.8) is 0 Å². The molecule has 2 rings (SSSR count). The van der Waals surface area contributed by atoms with Crippen LogP contribution in [0.4, 0.5) is 4.79 Å². The van der Waals surface area contributed by atoms with Crippen molar-refractivity contribution in [1.82, 2.24) is 4.90 Å². The Labute approximate surface area is 124 Å². The van der Waals surface area contributed by atoms with Gasteiger partial charge in [-0.1, -0.05) is 0 Å². The normalized spacial score (nSPS) is 28.1. The number of ether oxygens (including phenoxy) is 2. The molecule has 0 N–H and O–H groups in total.